The van der Waals surface area contributed by atoms with E-state index in [1.54, 1.807) is 12.1 Å². The van der Waals surface area contributed by atoms with Crippen LogP contribution < -0.4 is 5.43 Å². The maximum atomic E-state index is 13.3. The highest BCUT2D eigenvalue weighted by atomic mass is 16.3. The number of benzene rings is 2. The summed E-state index contributed by atoms with van der Waals surface area (Å²) in [6.07, 6.45) is 0.910. The summed E-state index contributed by atoms with van der Waals surface area (Å²) in [7, 11) is 0. The summed E-state index contributed by atoms with van der Waals surface area (Å²) in [5.74, 6) is -0.280. The van der Waals surface area contributed by atoms with Crippen molar-refractivity contribution in [3.8, 4) is 0 Å². The van der Waals surface area contributed by atoms with Gasteiger partial charge in [0.2, 0.25) is 5.76 Å². The number of carbonyl (C=O) groups excluding carboxylic acids is 1. The minimum atomic E-state index is -0.549. The van der Waals surface area contributed by atoms with E-state index in [1.807, 2.05) is 37.3 Å². The van der Waals surface area contributed by atoms with Crippen LogP contribution in [0.5, 0.6) is 0 Å². The fourth-order valence-electron chi connectivity index (χ4n) is 3.75. The van der Waals surface area contributed by atoms with E-state index >= 15 is 0 Å². The van der Waals surface area contributed by atoms with E-state index in [4.69, 9.17) is 4.42 Å². The standard InChI is InChI=1S/C22H21NO4/c1-3-14-5-7-15(8-6-14)19-18-20(25)16-12-13(2)4-9-17(16)27-21(18)22(26)23(19)10-11-24/h4-9,12,19,24H,3,10-11H2,1-2H3/t19-/m0/s1. The van der Waals surface area contributed by atoms with Crippen molar-refractivity contribution in [1.29, 1.82) is 0 Å². The van der Waals surface area contributed by atoms with Gasteiger partial charge < -0.3 is 14.4 Å². The molecule has 1 N–H and O–H groups in total. The number of fused-ring (bicyclic) bond motifs is 2. The maximum Gasteiger partial charge on any atom is 0.290 e. The van der Waals surface area contributed by atoms with E-state index in [-0.39, 0.29) is 30.2 Å². The van der Waals surface area contributed by atoms with E-state index in [0.717, 1.165) is 17.5 Å². The smallest absolute Gasteiger partial charge is 0.290 e. The number of rotatable bonds is 4. The van der Waals surface area contributed by atoms with Crippen LogP contribution in [-0.2, 0) is 6.42 Å². The Hall–Kier alpha value is -2.92. The predicted octanol–water partition coefficient (Wildman–Crippen LogP) is 3.20. The highest BCUT2D eigenvalue weighted by Crippen LogP contribution is 2.38. The molecule has 1 aromatic heterocycles. The minimum absolute atomic E-state index is 0.0781. The number of aliphatic hydroxyl groups excluding tert-OH is 1. The molecule has 4 rings (SSSR count). The Balaban J connectivity index is 1.97. The Morgan fingerprint density at radius 1 is 1.11 bits per heavy atom. The zero-order valence-corrected chi connectivity index (χ0v) is 15.4. The molecular weight excluding hydrogens is 342 g/mol. The molecule has 1 atom stereocenters. The van der Waals surface area contributed by atoms with Crippen LogP contribution in [0.15, 0.2) is 51.7 Å². The number of nitrogens with zero attached hydrogens (tertiary/aromatic N) is 1. The van der Waals surface area contributed by atoms with Crippen LogP contribution in [-0.4, -0.2) is 29.1 Å². The van der Waals surface area contributed by atoms with E-state index in [9.17, 15) is 14.7 Å². The second-order valence-corrected chi connectivity index (χ2v) is 6.89. The fourth-order valence-corrected chi connectivity index (χ4v) is 3.75. The van der Waals surface area contributed by atoms with E-state index in [1.165, 1.54) is 10.5 Å². The fraction of sp³-hybridized carbons (Fsp3) is 0.273. The Labute approximate surface area is 156 Å². The predicted molar refractivity (Wildman–Crippen MR) is 103 cm³/mol. The van der Waals surface area contributed by atoms with Crippen LogP contribution in [0, 0.1) is 6.92 Å². The molecule has 5 heteroatoms. The van der Waals surface area contributed by atoms with Crippen molar-refractivity contribution < 1.29 is 14.3 Å². The van der Waals surface area contributed by atoms with Gasteiger partial charge in [-0.3, -0.25) is 9.59 Å². The third-order valence-corrected chi connectivity index (χ3v) is 5.17. The molecule has 0 aliphatic carbocycles. The van der Waals surface area contributed by atoms with Gasteiger partial charge in [-0.1, -0.05) is 42.8 Å². The molecule has 0 radical (unpaired) electrons. The van der Waals surface area contributed by atoms with Gasteiger partial charge in [0.15, 0.2) is 5.43 Å². The second-order valence-electron chi connectivity index (χ2n) is 6.89. The van der Waals surface area contributed by atoms with Crippen LogP contribution in [0.25, 0.3) is 11.0 Å². The number of hydrogen-bond donors (Lipinski definition) is 1. The van der Waals surface area contributed by atoms with Crippen LogP contribution in [0.4, 0.5) is 0 Å². The van der Waals surface area contributed by atoms with Crippen LogP contribution in [0.3, 0.4) is 0 Å². The molecule has 0 fully saturated rings. The van der Waals surface area contributed by atoms with Crippen LogP contribution in [0.1, 0.15) is 45.8 Å². The lowest BCUT2D eigenvalue weighted by molar-refractivity contribution is 0.0691. The first-order valence-electron chi connectivity index (χ1n) is 9.13. The summed E-state index contributed by atoms with van der Waals surface area (Å²) in [6, 6.07) is 12.7. The first kappa shape index (κ1) is 17.5. The highest BCUT2D eigenvalue weighted by Gasteiger charge is 2.42. The van der Waals surface area contributed by atoms with Crippen molar-refractivity contribution in [3.63, 3.8) is 0 Å². The average Bonchev–Trinajstić information content (AvgIpc) is 2.95. The molecule has 0 saturated carbocycles. The first-order chi connectivity index (χ1) is 13.0. The Morgan fingerprint density at radius 2 is 1.85 bits per heavy atom. The largest absolute Gasteiger partial charge is 0.450 e. The molecule has 1 aliphatic rings. The van der Waals surface area contributed by atoms with Gasteiger partial charge in [-0.05, 0) is 36.6 Å². The maximum absolute atomic E-state index is 13.3. The highest BCUT2D eigenvalue weighted by molar-refractivity contribution is 5.99. The molecule has 0 unspecified atom stereocenters. The van der Waals surface area contributed by atoms with E-state index in [2.05, 4.69) is 6.92 Å². The number of hydrogen-bond acceptors (Lipinski definition) is 4. The SMILES string of the molecule is CCc1ccc([C@H]2c3c(oc4ccc(C)cc4c3=O)C(=O)N2CCO)cc1. The van der Waals surface area contributed by atoms with Crippen LogP contribution >= 0.6 is 0 Å². The number of carbonyl (C=O) groups is 1. The second kappa shape index (κ2) is 6.67. The Kier molecular flexibility index (Phi) is 4.32. The van der Waals surface area contributed by atoms with Gasteiger partial charge >= 0.3 is 0 Å². The minimum Gasteiger partial charge on any atom is -0.450 e. The molecular formula is C22H21NO4. The zero-order chi connectivity index (χ0) is 19.1. The normalized spacial score (nSPS) is 16.2. The number of aryl methyl sites for hydroxylation is 2. The molecule has 1 aliphatic heterocycles. The first-order valence-corrected chi connectivity index (χ1v) is 9.13. The Morgan fingerprint density at radius 3 is 2.52 bits per heavy atom. The molecule has 27 heavy (non-hydrogen) atoms. The van der Waals surface area contributed by atoms with Crippen molar-refractivity contribution in [1.82, 2.24) is 4.90 Å². The van der Waals surface area contributed by atoms with Crippen molar-refractivity contribution >= 4 is 16.9 Å². The Bertz CT molecular complexity index is 1080. The van der Waals surface area contributed by atoms with Gasteiger partial charge in [-0.2, -0.15) is 0 Å². The topological polar surface area (TPSA) is 70.8 Å². The van der Waals surface area contributed by atoms with E-state index in [0.29, 0.717) is 16.5 Å². The number of β-amino-alcohol motifs (C(OH)–C–C–N with tert-alkyl or cyclic N) is 1. The van der Waals surface area contributed by atoms with Gasteiger partial charge in [0.05, 0.1) is 23.6 Å². The van der Waals surface area contributed by atoms with Gasteiger partial charge in [-0.15, -0.1) is 0 Å². The zero-order valence-electron chi connectivity index (χ0n) is 15.4. The van der Waals surface area contributed by atoms with Crippen molar-refractivity contribution in [2.24, 2.45) is 0 Å². The van der Waals surface area contributed by atoms with Gasteiger partial charge in [0.1, 0.15) is 5.58 Å². The summed E-state index contributed by atoms with van der Waals surface area (Å²) >= 11 is 0. The molecule has 138 valence electrons. The molecule has 0 saturated heterocycles. The molecule has 5 nitrogen and oxygen atoms in total. The van der Waals surface area contributed by atoms with Gasteiger partial charge in [0, 0.05) is 6.54 Å². The van der Waals surface area contributed by atoms with Crippen LogP contribution in [0.2, 0.25) is 0 Å². The van der Waals surface area contributed by atoms with Gasteiger partial charge in [0.25, 0.3) is 5.91 Å². The lowest BCUT2D eigenvalue weighted by Gasteiger charge is -2.24. The third kappa shape index (κ3) is 2.75. The van der Waals surface area contributed by atoms with Crippen molar-refractivity contribution in [3.05, 3.63) is 80.7 Å². The average molecular weight is 363 g/mol. The quantitative estimate of drug-likeness (QED) is 0.773. The lowest BCUT2D eigenvalue weighted by atomic mass is 9.97. The number of aliphatic hydroxyl groups is 1. The van der Waals surface area contributed by atoms with Crippen molar-refractivity contribution in [2.45, 2.75) is 26.3 Å². The molecule has 0 spiro atoms. The molecule has 0 bridgehead atoms. The molecule has 2 heterocycles. The summed E-state index contributed by atoms with van der Waals surface area (Å²) in [4.78, 5) is 27.7. The molecule has 3 aromatic rings. The summed E-state index contributed by atoms with van der Waals surface area (Å²) in [5.41, 5.74) is 3.55. The summed E-state index contributed by atoms with van der Waals surface area (Å²) in [6.45, 7) is 3.94. The summed E-state index contributed by atoms with van der Waals surface area (Å²) in [5, 5.41) is 9.94. The molecule has 1 amide bonds. The van der Waals surface area contributed by atoms with Crippen molar-refractivity contribution in [2.75, 3.05) is 13.2 Å². The summed E-state index contributed by atoms with van der Waals surface area (Å²) < 4.78 is 5.85. The van der Waals surface area contributed by atoms with E-state index < -0.39 is 6.04 Å². The monoisotopic (exact) mass is 363 g/mol. The third-order valence-electron chi connectivity index (χ3n) is 5.17. The molecule has 2 aromatic carbocycles. The number of amides is 1. The van der Waals surface area contributed by atoms with Gasteiger partial charge in [-0.25, -0.2) is 0 Å². The lowest BCUT2D eigenvalue weighted by Crippen LogP contribution is -2.32.